The molecular weight excluding hydrogens is 254 g/mol. The van der Waals surface area contributed by atoms with Crippen molar-refractivity contribution < 1.29 is 4.79 Å². The van der Waals surface area contributed by atoms with Gasteiger partial charge in [-0.05, 0) is 44.0 Å². The first-order valence-electron chi connectivity index (χ1n) is 6.63. The molecule has 2 aromatic rings. The highest BCUT2D eigenvalue weighted by Gasteiger charge is 2.18. The highest BCUT2D eigenvalue weighted by Crippen LogP contribution is 2.25. The summed E-state index contributed by atoms with van der Waals surface area (Å²) in [6.45, 7) is 6.89. The quantitative estimate of drug-likeness (QED) is 0.814. The molecule has 0 bridgehead atoms. The zero-order chi connectivity index (χ0) is 13.8. The first-order chi connectivity index (χ1) is 9.17. The Hall–Kier alpha value is -1.61. The summed E-state index contributed by atoms with van der Waals surface area (Å²) in [7, 11) is 0. The minimum atomic E-state index is 0.0986. The SMILES string of the molecule is CCc1cc(C(=O)N(CC)c2ccccc2)sc1C. The molecule has 0 spiro atoms. The van der Waals surface area contributed by atoms with Gasteiger partial charge in [0.25, 0.3) is 5.91 Å². The van der Waals surface area contributed by atoms with Crippen molar-refractivity contribution in [2.45, 2.75) is 27.2 Å². The molecule has 0 fully saturated rings. The maximum atomic E-state index is 12.6. The Bertz CT molecular complexity index is 559. The van der Waals surface area contributed by atoms with Gasteiger partial charge in [0.05, 0.1) is 4.88 Å². The number of rotatable bonds is 4. The molecular formula is C16H19NOS. The van der Waals surface area contributed by atoms with Crippen LogP contribution in [-0.2, 0) is 6.42 Å². The van der Waals surface area contributed by atoms with Crippen LogP contribution in [-0.4, -0.2) is 12.5 Å². The van der Waals surface area contributed by atoms with Crippen molar-refractivity contribution >= 4 is 22.9 Å². The van der Waals surface area contributed by atoms with E-state index < -0.39 is 0 Å². The first kappa shape index (κ1) is 13.8. The van der Waals surface area contributed by atoms with E-state index in [-0.39, 0.29) is 5.91 Å². The number of benzene rings is 1. The second kappa shape index (κ2) is 6.02. The Balaban J connectivity index is 2.30. The number of nitrogens with zero attached hydrogens (tertiary/aromatic N) is 1. The number of aryl methyl sites for hydroxylation is 2. The molecule has 0 aliphatic rings. The maximum absolute atomic E-state index is 12.6. The van der Waals surface area contributed by atoms with E-state index in [0.717, 1.165) is 17.0 Å². The van der Waals surface area contributed by atoms with Crippen LogP contribution in [0.4, 0.5) is 5.69 Å². The van der Waals surface area contributed by atoms with Gasteiger partial charge in [0.15, 0.2) is 0 Å². The van der Waals surface area contributed by atoms with Crippen molar-refractivity contribution in [2.75, 3.05) is 11.4 Å². The zero-order valence-electron chi connectivity index (χ0n) is 11.6. The van der Waals surface area contributed by atoms with Crippen molar-refractivity contribution in [2.24, 2.45) is 0 Å². The number of hydrogen-bond acceptors (Lipinski definition) is 2. The van der Waals surface area contributed by atoms with E-state index in [1.165, 1.54) is 10.4 Å². The van der Waals surface area contributed by atoms with Crippen molar-refractivity contribution in [3.63, 3.8) is 0 Å². The summed E-state index contributed by atoms with van der Waals surface area (Å²) in [5.41, 5.74) is 2.23. The molecule has 1 amide bonds. The van der Waals surface area contributed by atoms with Gasteiger partial charge >= 0.3 is 0 Å². The third kappa shape index (κ3) is 2.87. The molecule has 1 aromatic carbocycles. The van der Waals surface area contributed by atoms with Gasteiger partial charge in [-0.2, -0.15) is 0 Å². The second-order valence-corrected chi connectivity index (χ2v) is 5.69. The van der Waals surface area contributed by atoms with E-state index in [1.54, 1.807) is 11.3 Å². The average Bonchev–Trinajstić information content (AvgIpc) is 2.82. The normalized spacial score (nSPS) is 10.5. The van der Waals surface area contributed by atoms with Gasteiger partial charge in [0.1, 0.15) is 0 Å². The fourth-order valence-electron chi connectivity index (χ4n) is 2.16. The summed E-state index contributed by atoms with van der Waals surface area (Å²) in [6.07, 6.45) is 0.979. The van der Waals surface area contributed by atoms with Crippen molar-refractivity contribution in [1.82, 2.24) is 0 Å². The summed E-state index contributed by atoms with van der Waals surface area (Å²) in [6, 6.07) is 11.9. The molecule has 100 valence electrons. The molecule has 2 rings (SSSR count). The number of amides is 1. The molecule has 0 radical (unpaired) electrons. The molecule has 1 heterocycles. The van der Waals surface area contributed by atoms with E-state index in [0.29, 0.717) is 6.54 Å². The molecule has 0 saturated heterocycles. The lowest BCUT2D eigenvalue weighted by atomic mass is 10.2. The van der Waals surface area contributed by atoms with E-state index in [1.807, 2.05) is 48.2 Å². The van der Waals surface area contributed by atoms with Crippen LogP contribution in [0.3, 0.4) is 0 Å². The van der Waals surface area contributed by atoms with Gasteiger partial charge in [-0.3, -0.25) is 4.79 Å². The van der Waals surface area contributed by atoms with Crippen LogP contribution in [0.1, 0.15) is 34.0 Å². The smallest absolute Gasteiger partial charge is 0.268 e. The van der Waals surface area contributed by atoms with Crippen molar-refractivity contribution in [3.8, 4) is 0 Å². The van der Waals surface area contributed by atoms with Crippen molar-refractivity contribution in [1.29, 1.82) is 0 Å². The highest BCUT2D eigenvalue weighted by atomic mass is 32.1. The largest absolute Gasteiger partial charge is 0.308 e. The Labute approximate surface area is 118 Å². The monoisotopic (exact) mass is 273 g/mol. The predicted molar refractivity (Wildman–Crippen MR) is 82.2 cm³/mol. The molecule has 0 aliphatic heterocycles. The molecule has 1 aromatic heterocycles. The molecule has 3 heteroatoms. The topological polar surface area (TPSA) is 20.3 Å². The standard InChI is InChI=1S/C16H19NOS/c1-4-13-11-15(19-12(13)3)16(18)17(5-2)14-9-7-6-8-10-14/h6-11H,4-5H2,1-3H3. The summed E-state index contributed by atoms with van der Waals surface area (Å²) in [5.74, 6) is 0.0986. The lowest BCUT2D eigenvalue weighted by molar-refractivity contribution is 0.0992. The minimum Gasteiger partial charge on any atom is -0.308 e. The Kier molecular flexibility index (Phi) is 4.38. The zero-order valence-corrected chi connectivity index (χ0v) is 12.5. The fourth-order valence-corrected chi connectivity index (χ4v) is 3.22. The van der Waals surface area contributed by atoms with Crippen LogP contribution in [0.2, 0.25) is 0 Å². The highest BCUT2D eigenvalue weighted by molar-refractivity contribution is 7.14. The van der Waals surface area contributed by atoms with E-state index in [4.69, 9.17) is 0 Å². The van der Waals surface area contributed by atoms with Gasteiger partial charge in [-0.15, -0.1) is 11.3 Å². The van der Waals surface area contributed by atoms with E-state index in [2.05, 4.69) is 13.8 Å². The average molecular weight is 273 g/mol. The maximum Gasteiger partial charge on any atom is 0.268 e. The predicted octanol–water partition coefficient (Wildman–Crippen LogP) is 4.29. The molecule has 0 unspecified atom stereocenters. The minimum absolute atomic E-state index is 0.0986. The van der Waals surface area contributed by atoms with Gasteiger partial charge in [-0.25, -0.2) is 0 Å². The molecule has 0 aliphatic carbocycles. The fraction of sp³-hybridized carbons (Fsp3) is 0.312. The van der Waals surface area contributed by atoms with Crippen LogP contribution >= 0.6 is 11.3 Å². The Morgan fingerprint density at radius 2 is 1.89 bits per heavy atom. The number of carbonyl (C=O) groups is 1. The second-order valence-electron chi connectivity index (χ2n) is 4.43. The molecule has 2 nitrogen and oxygen atoms in total. The number of anilines is 1. The third-order valence-corrected chi connectivity index (χ3v) is 4.32. The van der Waals surface area contributed by atoms with Crippen LogP contribution in [0.25, 0.3) is 0 Å². The summed E-state index contributed by atoms with van der Waals surface area (Å²) in [4.78, 5) is 16.5. The Morgan fingerprint density at radius 1 is 1.21 bits per heavy atom. The number of thiophene rings is 1. The molecule has 0 saturated carbocycles. The number of carbonyl (C=O) groups excluding carboxylic acids is 1. The number of hydrogen-bond donors (Lipinski definition) is 0. The van der Waals surface area contributed by atoms with Crippen LogP contribution < -0.4 is 4.90 Å². The van der Waals surface area contributed by atoms with Gasteiger partial charge in [-0.1, -0.05) is 25.1 Å². The molecule has 19 heavy (non-hydrogen) atoms. The number of para-hydroxylation sites is 1. The van der Waals surface area contributed by atoms with Gasteiger partial charge < -0.3 is 4.90 Å². The summed E-state index contributed by atoms with van der Waals surface area (Å²) >= 11 is 1.59. The van der Waals surface area contributed by atoms with Gasteiger partial charge in [0.2, 0.25) is 0 Å². The first-order valence-corrected chi connectivity index (χ1v) is 7.45. The van der Waals surface area contributed by atoms with E-state index in [9.17, 15) is 4.79 Å². The third-order valence-electron chi connectivity index (χ3n) is 3.24. The van der Waals surface area contributed by atoms with Gasteiger partial charge in [0, 0.05) is 17.1 Å². The van der Waals surface area contributed by atoms with Crippen molar-refractivity contribution in [3.05, 3.63) is 51.7 Å². The van der Waals surface area contributed by atoms with Crippen LogP contribution in [0.5, 0.6) is 0 Å². The van der Waals surface area contributed by atoms with Crippen LogP contribution in [0.15, 0.2) is 36.4 Å². The lowest BCUT2D eigenvalue weighted by Gasteiger charge is -2.20. The summed E-state index contributed by atoms with van der Waals surface area (Å²) in [5, 5.41) is 0. The van der Waals surface area contributed by atoms with Crippen LogP contribution in [0, 0.1) is 6.92 Å². The lowest BCUT2D eigenvalue weighted by Crippen LogP contribution is -2.29. The van der Waals surface area contributed by atoms with E-state index >= 15 is 0 Å². The molecule has 0 atom stereocenters. The summed E-state index contributed by atoms with van der Waals surface area (Å²) < 4.78 is 0. The Morgan fingerprint density at radius 3 is 2.42 bits per heavy atom. The molecule has 0 N–H and O–H groups in total.